The molecule has 1 amide bonds. The highest BCUT2D eigenvalue weighted by Gasteiger charge is 2.65. The second-order valence-corrected chi connectivity index (χ2v) is 9.52. The Hall–Kier alpha value is -4.44. The van der Waals surface area contributed by atoms with Crippen LogP contribution in [-0.2, 0) is 39.9 Å². The number of cyclic esters (lactones) is 1. The van der Waals surface area contributed by atoms with Gasteiger partial charge in [0.25, 0.3) is 5.91 Å². The van der Waals surface area contributed by atoms with E-state index in [9.17, 15) is 24.3 Å². The Morgan fingerprint density at radius 2 is 1.67 bits per heavy atom. The van der Waals surface area contributed by atoms with Crippen LogP contribution in [0.5, 0.6) is 0 Å². The lowest BCUT2D eigenvalue weighted by Gasteiger charge is -2.53. The molecule has 0 aliphatic carbocycles. The molecule has 2 aromatic carbocycles. The summed E-state index contributed by atoms with van der Waals surface area (Å²) in [5.74, 6) is -4.74. The van der Waals surface area contributed by atoms with Crippen molar-refractivity contribution >= 4 is 23.8 Å². The van der Waals surface area contributed by atoms with E-state index in [0.717, 1.165) is 17.6 Å². The molecule has 1 saturated heterocycles. The van der Waals surface area contributed by atoms with Crippen LogP contribution in [0.2, 0.25) is 0 Å². The highest BCUT2D eigenvalue weighted by atomic mass is 16.5. The van der Waals surface area contributed by atoms with Crippen molar-refractivity contribution < 1.29 is 38.5 Å². The Labute approximate surface area is 225 Å². The van der Waals surface area contributed by atoms with Crippen molar-refractivity contribution in [1.82, 2.24) is 9.80 Å². The number of aliphatic hydroxyl groups is 1. The van der Waals surface area contributed by atoms with Gasteiger partial charge in [0.15, 0.2) is 0 Å². The van der Waals surface area contributed by atoms with Crippen molar-refractivity contribution in [2.45, 2.75) is 31.5 Å². The summed E-state index contributed by atoms with van der Waals surface area (Å²) in [7, 11) is 2.29. The quantitative estimate of drug-likeness (QED) is 0.351. The maximum atomic E-state index is 14.4. The summed E-state index contributed by atoms with van der Waals surface area (Å²) in [5, 5.41) is 11.8. The zero-order valence-electron chi connectivity index (χ0n) is 21.7. The van der Waals surface area contributed by atoms with Gasteiger partial charge < -0.3 is 24.2 Å². The number of esters is 3. The number of hydrogen-bond acceptors (Lipinski definition) is 9. The lowest BCUT2D eigenvalue weighted by Crippen LogP contribution is -2.67. The number of amides is 1. The van der Waals surface area contributed by atoms with Gasteiger partial charge >= 0.3 is 17.9 Å². The molecule has 0 saturated carbocycles. The monoisotopic (exact) mass is 532 g/mol. The SMILES string of the molecule is COC(=O)C1=C(C)N(Cc2ccccc2)C2=C3C(=O)OCC[C@@H]3[C@@](O)(C(=O)OC)C(=O)N2C1c1ccccc1. The first-order valence-corrected chi connectivity index (χ1v) is 12.5. The van der Waals surface area contributed by atoms with Crippen LogP contribution >= 0.6 is 0 Å². The van der Waals surface area contributed by atoms with E-state index in [4.69, 9.17) is 14.2 Å². The molecule has 202 valence electrons. The number of ether oxygens (including phenoxy) is 3. The molecule has 10 heteroatoms. The number of methoxy groups -OCH3 is 2. The Balaban J connectivity index is 1.87. The van der Waals surface area contributed by atoms with Crippen LogP contribution in [0.25, 0.3) is 0 Å². The van der Waals surface area contributed by atoms with Crippen molar-refractivity contribution in [3.05, 3.63) is 94.5 Å². The van der Waals surface area contributed by atoms with E-state index in [1.54, 1.807) is 42.2 Å². The van der Waals surface area contributed by atoms with Crippen LogP contribution in [0.1, 0.15) is 30.5 Å². The maximum absolute atomic E-state index is 14.4. The Morgan fingerprint density at radius 1 is 1.03 bits per heavy atom. The van der Waals surface area contributed by atoms with Gasteiger partial charge in [-0.25, -0.2) is 14.4 Å². The molecule has 1 fully saturated rings. The molecule has 0 aromatic heterocycles. The molecule has 5 rings (SSSR count). The summed E-state index contributed by atoms with van der Waals surface area (Å²) in [5.41, 5.74) is -0.842. The average Bonchev–Trinajstić information content (AvgIpc) is 2.96. The van der Waals surface area contributed by atoms with Gasteiger partial charge in [0, 0.05) is 18.2 Å². The normalized spacial score (nSPS) is 24.6. The third kappa shape index (κ3) is 3.99. The van der Waals surface area contributed by atoms with Crippen molar-refractivity contribution in [2.75, 3.05) is 20.8 Å². The number of nitrogens with zero attached hydrogens (tertiary/aromatic N) is 2. The number of allylic oxidation sites excluding steroid dienone is 1. The largest absolute Gasteiger partial charge is 0.466 e. The topological polar surface area (TPSA) is 123 Å². The molecule has 3 aliphatic rings. The summed E-state index contributed by atoms with van der Waals surface area (Å²) in [6.45, 7) is 1.80. The maximum Gasteiger partial charge on any atom is 0.348 e. The van der Waals surface area contributed by atoms with E-state index in [-0.39, 0.29) is 36.5 Å². The molecule has 1 N–H and O–H groups in total. The van der Waals surface area contributed by atoms with E-state index in [1.165, 1.54) is 7.11 Å². The lowest BCUT2D eigenvalue weighted by molar-refractivity contribution is -0.186. The predicted molar refractivity (Wildman–Crippen MR) is 136 cm³/mol. The van der Waals surface area contributed by atoms with E-state index < -0.39 is 41.4 Å². The second kappa shape index (κ2) is 10.0. The van der Waals surface area contributed by atoms with Gasteiger partial charge in [-0.3, -0.25) is 9.69 Å². The number of hydrogen-bond donors (Lipinski definition) is 1. The number of rotatable bonds is 5. The third-order valence-electron chi connectivity index (χ3n) is 7.51. The zero-order chi connectivity index (χ0) is 27.9. The first-order valence-electron chi connectivity index (χ1n) is 12.5. The van der Waals surface area contributed by atoms with Crippen LogP contribution in [-0.4, -0.2) is 65.1 Å². The minimum absolute atomic E-state index is 0.0254. The highest BCUT2D eigenvalue weighted by Crippen LogP contribution is 2.51. The van der Waals surface area contributed by atoms with Crippen molar-refractivity contribution in [1.29, 1.82) is 0 Å². The van der Waals surface area contributed by atoms with Crippen molar-refractivity contribution in [3.63, 3.8) is 0 Å². The van der Waals surface area contributed by atoms with Gasteiger partial charge in [0.05, 0.1) is 38.0 Å². The fourth-order valence-corrected chi connectivity index (χ4v) is 5.67. The molecule has 39 heavy (non-hydrogen) atoms. The molecule has 0 bridgehead atoms. The van der Waals surface area contributed by atoms with Gasteiger partial charge in [-0.1, -0.05) is 60.7 Å². The highest BCUT2D eigenvalue weighted by molar-refractivity contribution is 6.12. The Morgan fingerprint density at radius 3 is 2.28 bits per heavy atom. The molecule has 1 unspecified atom stereocenters. The third-order valence-corrected chi connectivity index (χ3v) is 7.51. The van der Waals surface area contributed by atoms with E-state index >= 15 is 0 Å². The van der Waals surface area contributed by atoms with Gasteiger partial charge in [-0.15, -0.1) is 0 Å². The average molecular weight is 533 g/mol. The van der Waals surface area contributed by atoms with E-state index in [2.05, 4.69) is 0 Å². The molecule has 10 nitrogen and oxygen atoms in total. The summed E-state index contributed by atoms with van der Waals surface area (Å²) in [6, 6.07) is 16.9. The minimum Gasteiger partial charge on any atom is -0.466 e. The fraction of sp³-hybridized carbons (Fsp3) is 0.310. The number of carbonyl (C=O) groups excluding carboxylic acids is 4. The Bertz CT molecular complexity index is 1400. The molecular formula is C29H28N2O8. The molecule has 3 aliphatic heterocycles. The standard InChI is InChI=1S/C29H28N2O8/c1-17-21(25(32)37-2)23(19-12-8-5-9-13-19)31-24(30(17)16-18-10-6-4-7-11-18)22-20(14-15-39-26(22)33)29(36,27(31)34)28(35)38-3/h4-13,20,23,36H,14-16H2,1-3H3/t20-,23?,29-/m0/s1. The Kier molecular flexibility index (Phi) is 6.73. The van der Waals surface area contributed by atoms with Crippen LogP contribution in [0.15, 0.2) is 83.3 Å². The first kappa shape index (κ1) is 26.2. The summed E-state index contributed by atoms with van der Waals surface area (Å²) >= 11 is 0. The number of carbonyl (C=O) groups is 4. The molecule has 3 atom stereocenters. The zero-order valence-corrected chi connectivity index (χ0v) is 21.7. The number of fused-ring (bicyclic) bond motifs is 2. The molecule has 3 heterocycles. The minimum atomic E-state index is -2.72. The molecule has 2 aromatic rings. The van der Waals surface area contributed by atoms with E-state index in [0.29, 0.717) is 11.3 Å². The smallest absolute Gasteiger partial charge is 0.348 e. The fourth-order valence-electron chi connectivity index (χ4n) is 5.67. The van der Waals surface area contributed by atoms with Gasteiger partial charge in [-0.2, -0.15) is 0 Å². The summed E-state index contributed by atoms with van der Waals surface area (Å²) < 4.78 is 15.4. The van der Waals surface area contributed by atoms with E-state index in [1.807, 2.05) is 30.3 Å². The lowest BCUT2D eigenvalue weighted by atomic mass is 9.73. The molecule has 0 spiro atoms. The van der Waals surface area contributed by atoms with Crippen LogP contribution < -0.4 is 0 Å². The summed E-state index contributed by atoms with van der Waals surface area (Å²) in [4.78, 5) is 57.0. The predicted octanol–water partition coefficient (Wildman–Crippen LogP) is 2.21. The van der Waals surface area contributed by atoms with Gasteiger partial charge in [-0.05, 0) is 24.5 Å². The van der Waals surface area contributed by atoms with Crippen molar-refractivity contribution in [3.8, 4) is 0 Å². The van der Waals surface area contributed by atoms with Crippen LogP contribution in [0.4, 0.5) is 0 Å². The molecule has 0 radical (unpaired) electrons. The number of benzene rings is 2. The van der Waals surface area contributed by atoms with Gasteiger partial charge in [0.2, 0.25) is 5.60 Å². The molecular weight excluding hydrogens is 504 g/mol. The van der Waals surface area contributed by atoms with Gasteiger partial charge in [0.1, 0.15) is 5.82 Å². The van der Waals surface area contributed by atoms with Crippen LogP contribution in [0.3, 0.4) is 0 Å². The van der Waals surface area contributed by atoms with Crippen LogP contribution in [0, 0.1) is 5.92 Å². The second-order valence-electron chi connectivity index (χ2n) is 9.52. The van der Waals surface area contributed by atoms with Crippen molar-refractivity contribution in [2.24, 2.45) is 5.92 Å². The summed E-state index contributed by atoms with van der Waals surface area (Å²) in [6.07, 6.45) is 0.0254. The first-order chi connectivity index (χ1) is 18.7.